The average Bonchev–Trinajstić information content (AvgIpc) is 2.85. The molecule has 0 aliphatic rings. The number of likely N-dealkylation sites (N-methyl/N-ethyl adjacent to an activating group) is 1. The monoisotopic (exact) mass is 239 g/mol. The molecule has 0 saturated carbocycles. The van der Waals surface area contributed by atoms with Crippen LogP contribution in [0.25, 0.3) is 0 Å². The quantitative estimate of drug-likeness (QED) is 0.566. The highest BCUT2D eigenvalue weighted by Crippen LogP contribution is 2.33. The molecule has 0 fully saturated rings. The van der Waals surface area contributed by atoms with Crippen LogP contribution in [0.3, 0.4) is 0 Å². The minimum absolute atomic E-state index is 0.00222. The Kier molecular flexibility index (Phi) is 5.18. The summed E-state index contributed by atoms with van der Waals surface area (Å²) in [6, 6.07) is 3.88. The van der Waals surface area contributed by atoms with Crippen molar-refractivity contribution in [3.63, 3.8) is 0 Å². The number of hydrazine groups is 1. The highest BCUT2D eigenvalue weighted by molar-refractivity contribution is 5.12. The zero-order valence-corrected chi connectivity index (χ0v) is 11.4. The van der Waals surface area contributed by atoms with Gasteiger partial charge in [-0.05, 0) is 38.6 Å². The standard InChI is InChI=1S/C13H25N3O/c1-5-13(4,16(6-2)7-3)12(15-14)11-9-8-10-17-11/h8-10,12,15H,5-7,14H2,1-4H3. The summed E-state index contributed by atoms with van der Waals surface area (Å²) >= 11 is 0. The molecule has 1 aromatic heterocycles. The first-order valence-electron chi connectivity index (χ1n) is 6.38. The van der Waals surface area contributed by atoms with Crippen LogP contribution in [-0.2, 0) is 0 Å². The third-order valence-electron chi connectivity index (χ3n) is 3.82. The Labute approximate surface area is 104 Å². The number of hydrogen-bond donors (Lipinski definition) is 2. The van der Waals surface area contributed by atoms with Gasteiger partial charge in [0, 0.05) is 5.54 Å². The van der Waals surface area contributed by atoms with Crippen molar-refractivity contribution >= 4 is 0 Å². The van der Waals surface area contributed by atoms with E-state index < -0.39 is 0 Å². The Morgan fingerprint density at radius 2 is 2.06 bits per heavy atom. The first kappa shape index (κ1) is 14.2. The van der Waals surface area contributed by atoms with Crippen LogP contribution in [0.4, 0.5) is 0 Å². The number of hydrogen-bond acceptors (Lipinski definition) is 4. The lowest BCUT2D eigenvalue weighted by Gasteiger charge is -2.44. The highest BCUT2D eigenvalue weighted by Gasteiger charge is 2.38. The molecule has 0 aliphatic carbocycles. The van der Waals surface area contributed by atoms with E-state index in [4.69, 9.17) is 10.3 Å². The van der Waals surface area contributed by atoms with Crippen molar-refractivity contribution in [2.75, 3.05) is 13.1 Å². The van der Waals surface area contributed by atoms with Gasteiger partial charge in [0.2, 0.25) is 0 Å². The Balaban J connectivity index is 3.04. The summed E-state index contributed by atoms with van der Waals surface area (Å²) < 4.78 is 5.50. The maximum absolute atomic E-state index is 5.74. The zero-order valence-electron chi connectivity index (χ0n) is 11.4. The highest BCUT2D eigenvalue weighted by atomic mass is 16.3. The molecule has 0 aliphatic heterocycles. The predicted molar refractivity (Wildman–Crippen MR) is 70.4 cm³/mol. The molecule has 3 N–H and O–H groups in total. The fourth-order valence-corrected chi connectivity index (χ4v) is 2.58. The van der Waals surface area contributed by atoms with Gasteiger partial charge in [0.05, 0.1) is 12.3 Å². The Hall–Kier alpha value is -0.840. The molecule has 0 spiro atoms. The van der Waals surface area contributed by atoms with Crippen molar-refractivity contribution in [1.82, 2.24) is 10.3 Å². The van der Waals surface area contributed by atoms with E-state index in [9.17, 15) is 0 Å². The zero-order chi connectivity index (χ0) is 12.9. The normalized spacial score (nSPS) is 17.1. The van der Waals surface area contributed by atoms with Crippen LogP contribution in [0, 0.1) is 0 Å². The van der Waals surface area contributed by atoms with Crippen LogP contribution in [0.5, 0.6) is 0 Å². The molecular formula is C13H25N3O. The number of rotatable bonds is 7. The van der Waals surface area contributed by atoms with Crippen LogP contribution >= 0.6 is 0 Å². The summed E-state index contributed by atoms with van der Waals surface area (Å²) in [7, 11) is 0. The maximum Gasteiger partial charge on any atom is 0.123 e. The number of nitrogens with two attached hydrogens (primary N) is 1. The van der Waals surface area contributed by atoms with E-state index in [1.54, 1.807) is 6.26 Å². The second-order valence-corrected chi connectivity index (χ2v) is 4.50. The number of nitrogens with zero attached hydrogens (tertiary/aromatic N) is 1. The summed E-state index contributed by atoms with van der Waals surface area (Å²) in [5.41, 5.74) is 2.86. The summed E-state index contributed by atoms with van der Waals surface area (Å²) in [5, 5.41) is 0. The first-order valence-corrected chi connectivity index (χ1v) is 6.38. The molecule has 4 heteroatoms. The number of nitrogens with one attached hydrogen (secondary N) is 1. The average molecular weight is 239 g/mol. The van der Waals surface area contributed by atoms with Gasteiger partial charge in [-0.2, -0.15) is 0 Å². The fraction of sp³-hybridized carbons (Fsp3) is 0.692. The maximum atomic E-state index is 5.74. The van der Waals surface area contributed by atoms with E-state index in [0.717, 1.165) is 25.3 Å². The van der Waals surface area contributed by atoms with Crippen molar-refractivity contribution in [1.29, 1.82) is 0 Å². The lowest BCUT2D eigenvalue weighted by atomic mass is 9.86. The molecule has 1 rings (SSSR count). The van der Waals surface area contributed by atoms with Gasteiger partial charge in [-0.25, -0.2) is 5.43 Å². The summed E-state index contributed by atoms with van der Waals surface area (Å²) in [6.45, 7) is 10.8. The molecule has 0 amide bonds. The second kappa shape index (κ2) is 6.19. The largest absolute Gasteiger partial charge is 0.468 e. The van der Waals surface area contributed by atoms with Crippen molar-refractivity contribution < 1.29 is 4.42 Å². The SMILES string of the molecule is CCN(CC)C(C)(CC)C(NN)c1ccco1. The molecule has 1 heterocycles. The van der Waals surface area contributed by atoms with Crippen LogP contribution in [0.15, 0.2) is 22.8 Å². The van der Waals surface area contributed by atoms with Crippen molar-refractivity contribution in [2.45, 2.75) is 45.7 Å². The van der Waals surface area contributed by atoms with Crippen LogP contribution in [0.1, 0.15) is 45.9 Å². The fourth-order valence-electron chi connectivity index (χ4n) is 2.58. The van der Waals surface area contributed by atoms with Gasteiger partial charge < -0.3 is 4.42 Å². The van der Waals surface area contributed by atoms with E-state index >= 15 is 0 Å². The van der Waals surface area contributed by atoms with Crippen LogP contribution in [0.2, 0.25) is 0 Å². The van der Waals surface area contributed by atoms with Gasteiger partial charge >= 0.3 is 0 Å². The Morgan fingerprint density at radius 1 is 1.41 bits per heavy atom. The van der Waals surface area contributed by atoms with E-state index in [1.165, 1.54) is 0 Å². The minimum atomic E-state index is -0.0455. The van der Waals surface area contributed by atoms with Gasteiger partial charge in [0.25, 0.3) is 0 Å². The lowest BCUT2D eigenvalue weighted by Crippen LogP contribution is -2.55. The molecule has 2 unspecified atom stereocenters. The van der Waals surface area contributed by atoms with Crippen LogP contribution < -0.4 is 11.3 Å². The van der Waals surface area contributed by atoms with Crippen molar-refractivity contribution in [3.8, 4) is 0 Å². The molecule has 17 heavy (non-hydrogen) atoms. The topological polar surface area (TPSA) is 54.4 Å². The van der Waals surface area contributed by atoms with Gasteiger partial charge in [-0.3, -0.25) is 10.7 Å². The molecule has 98 valence electrons. The molecule has 0 aromatic carbocycles. The predicted octanol–water partition coefficient (Wildman–Crippen LogP) is 2.29. The second-order valence-electron chi connectivity index (χ2n) is 4.50. The van der Waals surface area contributed by atoms with Gasteiger partial charge in [-0.15, -0.1) is 0 Å². The third kappa shape index (κ3) is 2.70. The molecule has 2 atom stereocenters. The lowest BCUT2D eigenvalue weighted by molar-refractivity contribution is 0.0613. The van der Waals surface area contributed by atoms with Crippen LogP contribution in [-0.4, -0.2) is 23.5 Å². The van der Waals surface area contributed by atoms with Gasteiger partial charge in [-0.1, -0.05) is 20.8 Å². The summed E-state index contributed by atoms with van der Waals surface area (Å²) in [6.07, 6.45) is 2.70. The number of furan rings is 1. The van der Waals surface area contributed by atoms with Gasteiger partial charge in [0.1, 0.15) is 5.76 Å². The van der Waals surface area contributed by atoms with Crippen molar-refractivity contribution in [3.05, 3.63) is 24.2 Å². The molecule has 4 nitrogen and oxygen atoms in total. The first-order chi connectivity index (χ1) is 8.13. The van der Waals surface area contributed by atoms with E-state index in [0.29, 0.717) is 0 Å². The van der Waals surface area contributed by atoms with Crippen molar-refractivity contribution in [2.24, 2.45) is 5.84 Å². The Bertz CT molecular complexity index is 308. The smallest absolute Gasteiger partial charge is 0.123 e. The minimum Gasteiger partial charge on any atom is -0.468 e. The van der Waals surface area contributed by atoms with Gasteiger partial charge in [0.15, 0.2) is 0 Å². The van der Waals surface area contributed by atoms with E-state index in [2.05, 4.69) is 38.0 Å². The summed E-state index contributed by atoms with van der Waals surface area (Å²) in [4.78, 5) is 2.42. The van der Waals surface area contributed by atoms with E-state index in [1.807, 2.05) is 12.1 Å². The van der Waals surface area contributed by atoms with E-state index in [-0.39, 0.29) is 11.6 Å². The Morgan fingerprint density at radius 3 is 2.41 bits per heavy atom. The molecular weight excluding hydrogens is 214 g/mol. The third-order valence-corrected chi connectivity index (χ3v) is 3.82. The summed E-state index contributed by atoms with van der Waals surface area (Å²) in [5.74, 6) is 6.63. The molecule has 0 saturated heterocycles. The molecule has 1 aromatic rings. The molecule has 0 radical (unpaired) electrons. The molecule has 0 bridgehead atoms.